The number of fused-ring (bicyclic) bond motifs is 1. The van der Waals surface area contributed by atoms with Gasteiger partial charge in [-0.2, -0.15) is 0 Å². The van der Waals surface area contributed by atoms with Gasteiger partial charge in [-0.05, 0) is 18.2 Å². The number of hydrogen-bond donors (Lipinski definition) is 1. The van der Waals surface area contributed by atoms with Gasteiger partial charge in [0.2, 0.25) is 0 Å². The van der Waals surface area contributed by atoms with Gasteiger partial charge in [-0.25, -0.2) is 0 Å². The Morgan fingerprint density at radius 1 is 1.25 bits per heavy atom. The fraction of sp³-hybridized carbons (Fsp3) is 0.333. The number of nitrogens with zero attached hydrogens (tertiary/aromatic N) is 1. The van der Waals surface area contributed by atoms with Crippen LogP contribution < -0.4 is 15.2 Å². The third-order valence-corrected chi connectivity index (χ3v) is 2.87. The van der Waals surface area contributed by atoms with Gasteiger partial charge in [0, 0.05) is 24.7 Å². The molecule has 2 rings (SSSR count). The van der Waals surface area contributed by atoms with Gasteiger partial charge in [-0.3, -0.25) is 0 Å². The Kier molecular flexibility index (Phi) is 2.75. The predicted octanol–water partition coefficient (Wildman–Crippen LogP) is 1.65. The van der Waals surface area contributed by atoms with Crippen molar-refractivity contribution in [2.24, 2.45) is 12.8 Å². The number of aromatic nitrogens is 1. The first-order valence-corrected chi connectivity index (χ1v) is 5.12. The largest absolute Gasteiger partial charge is 0.493 e. The van der Waals surface area contributed by atoms with Crippen molar-refractivity contribution in [2.45, 2.75) is 6.54 Å². The van der Waals surface area contributed by atoms with E-state index in [1.54, 1.807) is 14.2 Å². The van der Waals surface area contributed by atoms with E-state index in [-0.39, 0.29) is 0 Å². The summed E-state index contributed by atoms with van der Waals surface area (Å²) in [7, 11) is 5.28. The van der Waals surface area contributed by atoms with E-state index in [0.717, 1.165) is 28.1 Å². The van der Waals surface area contributed by atoms with Crippen LogP contribution in [0.3, 0.4) is 0 Å². The normalized spacial score (nSPS) is 10.8. The second-order valence-electron chi connectivity index (χ2n) is 3.63. The van der Waals surface area contributed by atoms with Crippen molar-refractivity contribution in [1.29, 1.82) is 0 Å². The first-order chi connectivity index (χ1) is 7.72. The lowest BCUT2D eigenvalue weighted by Gasteiger charge is -2.08. The van der Waals surface area contributed by atoms with Crippen LogP contribution in [-0.2, 0) is 13.6 Å². The van der Waals surface area contributed by atoms with Crippen molar-refractivity contribution in [1.82, 2.24) is 4.57 Å². The van der Waals surface area contributed by atoms with Gasteiger partial charge in [0.25, 0.3) is 0 Å². The molecule has 0 fully saturated rings. The van der Waals surface area contributed by atoms with E-state index in [0.29, 0.717) is 6.54 Å². The molecule has 1 aromatic carbocycles. The molecule has 4 nitrogen and oxygen atoms in total. The van der Waals surface area contributed by atoms with Crippen LogP contribution in [-0.4, -0.2) is 18.8 Å². The minimum Gasteiger partial charge on any atom is -0.493 e. The maximum atomic E-state index is 5.68. The topological polar surface area (TPSA) is 49.4 Å². The van der Waals surface area contributed by atoms with E-state index < -0.39 is 0 Å². The van der Waals surface area contributed by atoms with Gasteiger partial charge >= 0.3 is 0 Å². The van der Waals surface area contributed by atoms with Crippen molar-refractivity contribution < 1.29 is 9.47 Å². The molecule has 0 aliphatic carbocycles. The lowest BCUT2D eigenvalue weighted by molar-refractivity contribution is 0.358. The summed E-state index contributed by atoms with van der Waals surface area (Å²) in [5.74, 6) is 1.50. The average molecular weight is 220 g/mol. The molecule has 0 bridgehead atoms. The summed E-state index contributed by atoms with van der Waals surface area (Å²) in [6.45, 7) is 0.511. The Morgan fingerprint density at radius 3 is 2.56 bits per heavy atom. The molecule has 86 valence electrons. The standard InChI is InChI=1S/C12H16N2O2/c1-14-8(7-13)6-9-10(14)4-5-11(15-2)12(9)16-3/h4-6H,7,13H2,1-3H3. The van der Waals surface area contributed by atoms with Gasteiger partial charge in [0.1, 0.15) is 0 Å². The molecule has 4 heteroatoms. The van der Waals surface area contributed by atoms with Crippen molar-refractivity contribution in [3.05, 3.63) is 23.9 Å². The zero-order chi connectivity index (χ0) is 11.7. The van der Waals surface area contributed by atoms with Crippen molar-refractivity contribution in [3.63, 3.8) is 0 Å². The Labute approximate surface area is 94.6 Å². The van der Waals surface area contributed by atoms with E-state index in [4.69, 9.17) is 15.2 Å². The minimum absolute atomic E-state index is 0.511. The van der Waals surface area contributed by atoms with Gasteiger partial charge in [0.15, 0.2) is 11.5 Å². The molecule has 0 spiro atoms. The third-order valence-electron chi connectivity index (χ3n) is 2.87. The van der Waals surface area contributed by atoms with Gasteiger partial charge in [-0.15, -0.1) is 0 Å². The Hall–Kier alpha value is -1.68. The summed E-state index contributed by atoms with van der Waals surface area (Å²) in [5.41, 5.74) is 7.85. The van der Waals surface area contributed by atoms with Crippen LogP contribution in [0.15, 0.2) is 18.2 Å². The van der Waals surface area contributed by atoms with Crippen LogP contribution in [0.5, 0.6) is 11.5 Å². The fourth-order valence-corrected chi connectivity index (χ4v) is 1.99. The molecule has 2 N–H and O–H groups in total. The molecular weight excluding hydrogens is 204 g/mol. The zero-order valence-corrected chi connectivity index (χ0v) is 9.78. The molecule has 0 aliphatic heterocycles. The number of methoxy groups -OCH3 is 2. The van der Waals surface area contributed by atoms with Crippen molar-refractivity contribution >= 4 is 10.9 Å². The minimum atomic E-state index is 0.511. The summed E-state index contributed by atoms with van der Waals surface area (Å²) in [6, 6.07) is 5.95. The Morgan fingerprint density at radius 2 is 2.00 bits per heavy atom. The number of ether oxygens (including phenoxy) is 2. The fourth-order valence-electron chi connectivity index (χ4n) is 1.99. The molecule has 0 radical (unpaired) electrons. The first kappa shape index (κ1) is 10.8. The van der Waals surface area contributed by atoms with Crippen LogP contribution in [0.1, 0.15) is 5.69 Å². The second kappa shape index (κ2) is 4.06. The van der Waals surface area contributed by atoms with Crippen LogP contribution in [0, 0.1) is 0 Å². The Bertz CT molecular complexity index is 517. The number of aryl methyl sites for hydroxylation is 1. The Balaban J connectivity index is 2.77. The van der Waals surface area contributed by atoms with Crippen molar-refractivity contribution in [2.75, 3.05) is 14.2 Å². The summed E-state index contributed by atoms with van der Waals surface area (Å²) < 4.78 is 12.7. The van der Waals surface area contributed by atoms with E-state index in [9.17, 15) is 0 Å². The zero-order valence-electron chi connectivity index (χ0n) is 9.78. The maximum absolute atomic E-state index is 5.68. The van der Waals surface area contributed by atoms with Crippen LogP contribution in [0.4, 0.5) is 0 Å². The van der Waals surface area contributed by atoms with Crippen molar-refractivity contribution in [3.8, 4) is 11.5 Å². The highest BCUT2D eigenvalue weighted by Gasteiger charge is 2.13. The SMILES string of the molecule is COc1ccc2c(cc(CN)n2C)c1OC. The number of hydrogen-bond acceptors (Lipinski definition) is 3. The second-order valence-corrected chi connectivity index (χ2v) is 3.63. The predicted molar refractivity (Wildman–Crippen MR) is 63.9 cm³/mol. The molecule has 1 heterocycles. The lowest BCUT2D eigenvalue weighted by atomic mass is 10.2. The molecular formula is C12H16N2O2. The number of rotatable bonds is 3. The summed E-state index contributed by atoms with van der Waals surface area (Å²) in [5, 5.41) is 1.03. The number of nitrogens with two attached hydrogens (primary N) is 1. The van der Waals surface area contributed by atoms with E-state index in [1.807, 2.05) is 25.2 Å². The highest BCUT2D eigenvalue weighted by Crippen LogP contribution is 2.36. The quantitative estimate of drug-likeness (QED) is 0.855. The summed E-state index contributed by atoms with van der Waals surface area (Å²) in [6.07, 6.45) is 0. The van der Waals surface area contributed by atoms with E-state index >= 15 is 0 Å². The molecule has 16 heavy (non-hydrogen) atoms. The summed E-state index contributed by atoms with van der Waals surface area (Å²) >= 11 is 0. The maximum Gasteiger partial charge on any atom is 0.170 e. The van der Waals surface area contributed by atoms with E-state index in [1.165, 1.54) is 0 Å². The van der Waals surface area contributed by atoms with Crippen LogP contribution in [0.25, 0.3) is 10.9 Å². The highest BCUT2D eigenvalue weighted by molar-refractivity contribution is 5.90. The van der Waals surface area contributed by atoms with Crippen LogP contribution >= 0.6 is 0 Å². The van der Waals surface area contributed by atoms with Gasteiger partial charge < -0.3 is 19.8 Å². The highest BCUT2D eigenvalue weighted by atomic mass is 16.5. The molecule has 0 saturated carbocycles. The van der Waals surface area contributed by atoms with E-state index in [2.05, 4.69) is 4.57 Å². The van der Waals surface area contributed by atoms with Crippen LogP contribution in [0.2, 0.25) is 0 Å². The summed E-state index contributed by atoms with van der Waals surface area (Å²) in [4.78, 5) is 0. The first-order valence-electron chi connectivity index (χ1n) is 5.12. The lowest BCUT2D eigenvalue weighted by Crippen LogP contribution is -2.02. The third kappa shape index (κ3) is 1.42. The molecule has 0 atom stereocenters. The van der Waals surface area contributed by atoms with Gasteiger partial charge in [0.05, 0.1) is 19.7 Å². The molecule has 1 aromatic heterocycles. The smallest absolute Gasteiger partial charge is 0.170 e. The molecule has 0 amide bonds. The number of benzene rings is 1. The molecule has 2 aromatic rings. The monoisotopic (exact) mass is 220 g/mol. The average Bonchev–Trinajstić information content (AvgIpc) is 2.65. The molecule has 0 saturated heterocycles. The molecule has 0 unspecified atom stereocenters. The molecule has 0 aliphatic rings. The van der Waals surface area contributed by atoms with Gasteiger partial charge in [-0.1, -0.05) is 0 Å².